The second-order valence-electron chi connectivity index (χ2n) is 4.71. The van der Waals surface area contributed by atoms with Crippen molar-refractivity contribution in [3.05, 3.63) is 29.8 Å². The molecular weight excluding hydrogens is 282 g/mol. The molecule has 20 heavy (non-hydrogen) atoms. The zero-order chi connectivity index (χ0) is 14.8. The summed E-state index contributed by atoms with van der Waals surface area (Å²) in [7, 11) is -1.67. The molecule has 1 saturated heterocycles. The second-order valence-corrected chi connectivity index (χ2v) is 6.38. The molecule has 1 heterocycles. The van der Waals surface area contributed by atoms with Gasteiger partial charge >= 0.3 is 5.97 Å². The first-order valence-electron chi connectivity index (χ1n) is 6.18. The Morgan fingerprint density at radius 2 is 1.70 bits per heavy atom. The number of hydrazine groups is 1. The minimum Gasteiger partial charge on any atom is -0.478 e. The number of aromatic carboxylic acids is 1. The van der Waals surface area contributed by atoms with Crippen LogP contribution in [0.2, 0.25) is 0 Å². The predicted octanol–water partition coefficient (Wildman–Crippen LogP) is -0.174. The Morgan fingerprint density at radius 3 is 2.20 bits per heavy atom. The summed E-state index contributed by atoms with van der Waals surface area (Å²) >= 11 is 0. The summed E-state index contributed by atoms with van der Waals surface area (Å²) in [5.41, 5.74) is 0.0588. The number of carboxylic acid groups (broad SMARTS) is 1. The third-order valence-electron chi connectivity index (χ3n) is 3.16. The maximum Gasteiger partial charge on any atom is 0.335 e. The molecule has 110 valence electrons. The zero-order valence-electron chi connectivity index (χ0n) is 11.1. The van der Waals surface area contributed by atoms with Gasteiger partial charge in [0.25, 0.3) is 10.0 Å². The van der Waals surface area contributed by atoms with Crippen molar-refractivity contribution in [2.75, 3.05) is 33.2 Å². The molecule has 0 amide bonds. The van der Waals surface area contributed by atoms with Crippen LogP contribution in [-0.4, -0.2) is 62.6 Å². The predicted molar refractivity (Wildman–Crippen MR) is 72.8 cm³/mol. The molecule has 2 rings (SSSR count). The summed E-state index contributed by atoms with van der Waals surface area (Å²) < 4.78 is 24.3. The van der Waals surface area contributed by atoms with Gasteiger partial charge in [-0.25, -0.2) is 18.2 Å². The Labute approximate surface area is 117 Å². The van der Waals surface area contributed by atoms with E-state index in [9.17, 15) is 13.2 Å². The first-order chi connectivity index (χ1) is 9.38. The van der Waals surface area contributed by atoms with Crippen molar-refractivity contribution in [3.8, 4) is 0 Å². The van der Waals surface area contributed by atoms with E-state index in [0.717, 1.165) is 13.1 Å². The fraction of sp³-hybridized carbons (Fsp3) is 0.417. The highest BCUT2D eigenvalue weighted by atomic mass is 32.2. The first kappa shape index (κ1) is 14.9. The Kier molecular flexibility index (Phi) is 4.39. The number of sulfonamides is 1. The molecule has 0 aliphatic carbocycles. The summed E-state index contributed by atoms with van der Waals surface area (Å²) in [5.74, 6) is -1.08. The third kappa shape index (κ3) is 3.54. The average Bonchev–Trinajstić information content (AvgIpc) is 2.41. The minimum absolute atomic E-state index is 0.0569. The summed E-state index contributed by atoms with van der Waals surface area (Å²) in [6.07, 6.45) is 0. The summed E-state index contributed by atoms with van der Waals surface area (Å²) in [6.45, 7) is 2.81. The van der Waals surface area contributed by atoms with Gasteiger partial charge in [-0.3, -0.25) is 0 Å². The lowest BCUT2D eigenvalue weighted by atomic mass is 10.2. The van der Waals surface area contributed by atoms with Crippen molar-refractivity contribution in [1.82, 2.24) is 14.7 Å². The maximum absolute atomic E-state index is 12.1. The van der Waals surface area contributed by atoms with Gasteiger partial charge in [0.2, 0.25) is 0 Å². The van der Waals surface area contributed by atoms with Gasteiger partial charge in [0.15, 0.2) is 0 Å². The summed E-state index contributed by atoms with van der Waals surface area (Å²) in [6, 6.07) is 5.14. The lowest BCUT2D eigenvalue weighted by molar-refractivity contribution is 0.0696. The SMILES string of the molecule is CN1CCN(NS(=O)(=O)c2ccc(C(=O)O)cc2)CC1. The molecule has 2 N–H and O–H groups in total. The van der Waals surface area contributed by atoms with Gasteiger partial charge in [-0.05, 0) is 31.3 Å². The third-order valence-corrected chi connectivity index (χ3v) is 4.56. The number of rotatable bonds is 4. The highest BCUT2D eigenvalue weighted by Crippen LogP contribution is 2.11. The van der Waals surface area contributed by atoms with Crippen LogP contribution in [-0.2, 0) is 10.0 Å². The van der Waals surface area contributed by atoms with Gasteiger partial charge in [0.1, 0.15) is 0 Å². The Hall–Kier alpha value is -1.48. The second kappa shape index (κ2) is 5.88. The lowest BCUT2D eigenvalue weighted by Gasteiger charge is -2.32. The van der Waals surface area contributed by atoms with Gasteiger partial charge in [-0.2, -0.15) is 0 Å². The number of piperazine rings is 1. The Balaban J connectivity index is 2.08. The fourth-order valence-corrected chi connectivity index (χ4v) is 3.02. The van der Waals surface area contributed by atoms with Crippen LogP contribution in [0.1, 0.15) is 10.4 Å². The van der Waals surface area contributed by atoms with E-state index in [-0.39, 0.29) is 10.5 Å². The van der Waals surface area contributed by atoms with Crippen molar-refractivity contribution in [1.29, 1.82) is 0 Å². The molecule has 7 nitrogen and oxygen atoms in total. The molecule has 1 fully saturated rings. The van der Waals surface area contributed by atoms with E-state index in [1.54, 1.807) is 5.01 Å². The van der Waals surface area contributed by atoms with Crippen LogP contribution in [0, 0.1) is 0 Å². The number of hydrogen-bond donors (Lipinski definition) is 2. The zero-order valence-corrected chi connectivity index (χ0v) is 11.9. The topological polar surface area (TPSA) is 90.0 Å². The smallest absolute Gasteiger partial charge is 0.335 e. The van der Waals surface area contributed by atoms with Crippen LogP contribution < -0.4 is 4.83 Å². The fourth-order valence-electron chi connectivity index (χ4n) is 1.90. The highest BCUT2D eigenvalue weighted by Gasteiger charge is 2.21. The molecule has 1 aliphatic heterocycles. The van der Waals surface area contributed by atoms with Gasteiger partial charge in [0.05, 0.1) is 10.5 Å². The lowest BCUT2D eigenvalue weighted by Crippen LogP contribution is -2.52. The molecule has 0 spiro atoms. The number of likely N-dealkylation sites (N-methyl/N-ethyl adjacent to an activating group) is 1. The van der Waals surface area contributed by atoms with E-state index in [0.29, 0.717) is 13.1 Å². The molecule has 0 atom stereocenters. The molecule has 1 aromatic carbocycles. The molecule has 0 unspecified atom stereocenters. The van der Waals surface area contributed by atoms with Crippen molar-refractivity contribution < 1.29 is 18.3 Å². The van der Waals surface area contributed by atoms with Crippen LogP contribution in [0.4, 0.5) is 0 Å². The summed E-state index contributed by atoms with van der Waals surface area (Å²) in [5, 5.41) is 10.4. The molecular formula is C12H17N3O4S. The normalized spacial score (nSPS) is 18.1. The number of benzene rings is 1. The number of carboxylic acids is 1. The van der Waals surface area contributed by atoms with Crippen molar-refractivity contribution >= 4 is 16.0 Å². The largest absolute Gasteiger partial charge is 0.478 e. The number of nitrogens with one attached hydrogen (secondary N) is 1. The van der Waals surface area contributed by atoms with Gasteiger partial charge in [-0.15, -0.1) is 4.83 Å². The molecule has 0 radical (unpaired) electrons. The first-order valence-corrected chi connectivity index (χ1v) is 7.66. The van der Waals surface area contributed by atoms with Crippen LogP contribution in [0.25, 0.3) is 0 Å². The summed E-state index contributed by atoms with van der Waals surface area (Å²) in [4.78, 5) is 15.4. The number of hydrogen-bond acceptors (Lipinski definition) is 5. The average molecular weight is 299 g/mol. The van der Waals surface area contributed by atoms with E-state index in [1.165, 1.54) is 24.3 Å². The van der Waals surface area contributed by atoms with E-state index in [2.05, 4.69) is 9.73 Å². The molecule has 1 aliphatic rings. The van der Waals surface area contributed by atoms with Crippen molar-refractivity contribution in [3.63, 3.8) is 0 Å². The molecule has 0 saturated carbocycles. The highest BCUT2D eigenvalue weighted by molar-refractivity contribution is 7.89. The van der Waals surface area contributed by atoms with Gasteiger partial charge in [-0.1, -0.05) is 0 Å². The Bertz CT molecular complexity index is 577. The minimum atomic E-state index is -3.66. The number of carbonyl (C=O) groups is 1. The molecule has 0 bridgehead atoms. The molecule has 8 heteroatoms. The van der Waals surface area contributed by atoms with Crippen molar-refractivity contribution in [2.45, 2.75) is 4.90 Å². The molecule has 0 aromatic heterocycles. The quantitative estimate of drug-likeness (QED) is 0.802. The number of nitrogens with zero attached hydrogens (tertiary/aromatic N) is 2. The van der Waals surface area contributed by atoms with E-state index < -0.39 is 16.0 Å². The monoisotopic (exact) mass is 299 g/mol. The standard InChI is InChI=1S/C12H17N3O4S/c1-14-6-8-15(9-7-14)13-20(18,19)11-4-2-10(3-5-11)12(16)17/h2-5,13H,6-9H2,1H3,(H,16,17). The molecule has 1 aromatic rings. The maximum atomic E-state index is 12.1. The van der Waals surface area contributed by atoms with E-state index in [4.69, 9.17) is 5.11 Å². The van der Waals surface area contributed by atoms with Crippen LogP contribution in [0.3, 0.4) is 0 Å². The Morgan fingerprint density at radius 1 is 1.15 bits per heavy atom. The van der Waals surface area contributed by atoms with E-state index >= 15 is 0 Å². The van der Waals surface area contributed by atoms with Crippen molar-refractivity contribution in [2.24, 2.45) is 0 Å². The van der Waals surface area contributed by atoms with Gasteiger partial charge in [0, 0.05) is 26.2 Å². The van der Waals surface area contributed by atoms with Crippen LogP contribution in [0.5, 0.6) is 0 Å². The van der Waals surface area contributed by atoms with Crippen LogP contribution in [0.15, 0.2) is 29.2 Å². The van der Waals surface area contributed by atoms with E-state index in [1.807, 2.05) is 7.05 Å². The van der Waals surface area contributed by atoms with Gasteiger partial charge < -0.3 is 10.0 Å². The van der Waals surface area contributed by atoms with Crippen LogP contribution >= 0.6 is 0 Å².